The maximum Gasteiger partial charge on any atom is 0.145 e. The summed E-state index contributed by atoms with van der Waals surface area (Å²) >= 11 is 3.45. The number of likely N-dealkylation sites (N-methyl/N-ethyl adjacent to an activating group) is 1. The van der Waals surface area contributed by atoms with Crippen molar-refractivity contribution < 1.29 is 4.84 Å². The van der Waals surface area contributed by atoms with Crippen LogP contribution < -0.4 is 0 Å². The Morgan fingerprint density at radius 3 is 3.05 bits per heavy atom. The maximum absolute atomic E-state index is 5.46. The summed E-state index contributed by atoms with van der Waals surface area (Å²) in [5.41, 5.74) is 2.29. The minimum atomic E-state index is 0.195. The molecule has 3 rings (SSSR count). The van der Waals surface area contributed by atoms with Crippen molar-refractivity contribution in [2.24, 2.45) is 5.16 Å². The normalized spacial score (nSPS) is 18.0. The summed E-state index contributed by atoms with van der Waals surface area (Å²) < 4.78 is 0. The minimum Gasteiger partial charge on any atom is -0.391 e. The number of nitrogens with zero attached hydrogens (tertiary/aromatic N) is 3. The predicted octanol–water partition coefficient (Wildman–Crippen LogP) is 3.86. The van der Waals surface area contributed by atoms with E-state index in [1.165, 1.54) is 10.6 Å². The van der Waals surface area contributed by atoms with Crippen LogP contribution in [-0.4, -0.2) is 35.3 Å². The molecule has 3 heterocycles. The quantitative estimate of drug-likeness (QED) is 0.811. The zero-order chi connectivity index (χ0) is 14.7. The molecule has 0 bridgehead atoms. The Morgan fingerprint density at radius 1 is 1.43 bits per heavy atom. The third-order valence-corrected chi connectivity index (χ3v) is 5.36. The first kappa shape index (κ1) is 14.7. The molecule has 0 fully saturated rings. The molecule has 1 atom stereocenters. The molecule has 0 amide bonds. The average molecular weight is 321 g/mol. The fraction of sp³-hybridized carbons (Fsp3) is 0.467. The van der Waals surface area contributed by atoms with Gasteiger partial charge in [0.25, 0.3) is 0 Å². The smallest absolute Gasteiger partial charge is 0.145 e. The zero-order valence-electron chi connectivity index (χ0n) is 12.3. The van der Waals surface area contributed by atoms with Crippen molar-refractivity contribution in [3.8, 4) is 9.88 Å². The second-order valence-electron chi connectivity index (χ2n) is 5.26. The van der Waals surface area contributed by atoms with E-state index in [1.807, 2.05) is 0 Å². The number of oxime groups is 1. The Bertz CT molecular complexity index is 606. The van der Waals surface area contributed by atoms with Gasteiger partial charge in [-0.3, -0.25) is 4.90 Å². The molecule has 0 saturated heterocycles. The van der Waals surface area contributed by atoms with Crippen LogP contribution in [0.15, 0.2) is 28.0 Å². The Hall–Kier alpha value is -1.24. The highest BCUT2D eigenvalue weighted by Crippen LogP contribution is 2.28. The highest BCUT2D eigenvalue weighted by molar-refractivity contribution is 7.20. The molecule has 21 heavy (non-hydrogen) atoms. The van der Waals surface area contributed by atoms with E-state index < -0.39 is 0 Å². The Kier molecular flexibility index (Phi) is 4.67. The van der Waals surface area contributed by atoms with Crippen LogP contribution in [0, 0.1) is 0 Å². The second-order valence-corrected chi connectivity index (χ2v) is 7.07. The lowest BCUT2D eigenvalue weighted by atomic mass is 10.1. The van der Waals surface area contributed by atoms with Crippen molar-refractivity contribution in [3.63, 3.8) is 0 Å². The van der Waals surface area contributed by atoms with Crippen LogP contribution in [0.5, 0.6) is 0 Å². The van der Waals surface area contributed by atoms with Gasteiger partial charge in [0.05, 0.1) is 16.3 Å². The van der Waals surface area contributed by atoms with Gasteiger partial charge in [-0.15, -0.1) is 22.7 Å². The van der Waals surface area contributed by atoms with Crippen LogP contribution in [0.1, 0.15) is 25.5 Å². The van der Waals surface area contributed by atoms with Gasteiger partial charge in [0, 0.05) is 24.9 Å². The summed E-state index contributed by atoms with van der Waals surface area (Å²) in [5.74, 6) is 0. The molecule has 1 unspecified atom stereocenters. The van der Waals surface area contributed by atoms with Crippen LogP contribution in [0.3, 0.4) is 0 Å². The van der Waals surface area contributed by atoms with Crippen LogP contribution in [0.4, 0.5) is 0 Å². The van der Waals surface area contributed by atoms with E-state index >= 15 is 0 Å². The van der Waals surface area contributed by atoms with Gasteiger partial charge in [-0.05, 0) is 24.9 Å². The molecule has 0 N–H and O–H groups in total. The fourth-order valence-electron chi connectivity index (χ4n) is 2.37. The Morgan fingerprint density at radius 2 is 2.33 bits per heavy atom. The number of aromatic nitrogens is 1. The van der Waals surface area contributed by atoms with Crippen molar-refractivity contribution in [2.75, 3.05) is 13.6 Å². The molecule has 0 aromatic carbocycles. The van der Waals surface area contributed by atoms with Gasteiger partial charge in [-0.25, -0.2) is 4.98 Å². The lowest BCUT2D eigenvalue weighted by Gasteiger charge is -2.18. The van der Waals surface area contributed by atoms with Gasteiger partial charge in [-0.2, -0.15) is 0 Å². The van der Waals surface area contributed by atoms with E-state index in [2.05, 4.69) is 46.9 Å². The first-order chi connectivity index (χ1) is 10.2. The number of hydrogen-bond acceptors (Lipinski definition) is 6. The first-order valence-corrected chi connectivity index (χ1v) is 8.89. The molecule has 6 heteroatoms. The molecule has 4 nitrogen and oxygen atoms in total. The SMILES string of the molecule is CCC1=NOC(CN(C)Cc2csc(-c3cccs3)n2)C1. The Balaban J connectivity index is 1.52. The largest absolute Gasteiger partial charge is 0.391 e. The van der Waals surface area contributed by atoms with Crippen LogP contribution in [0.2, 0.25) is 0 Å². The summed E-state index contributed by atoms with van der Waals surface area (Å²) in [5, 5.41) is 9.46. The molecule has 1 aliphatic rings. The van der Waals surface area contributed by atoms with E-state index in [0.29, 0.717) is 0 Å². The van der Waals surface area contributed by atoms with Crippen LogP contribution in [0.25, 0.3) is 9.88 Å². The molecule has 2 aromatic rings. The number of thiophene rings is 1. The topological polar surface area (TPSA) is 37.7 Å². The summed E-state index contributed by atoms with van der Waals surface area (Å²) in [6.07, 6.45) is 2.13. The summed E-state index contributed by atoms with van der Waals surface area (Å²) in [7, 11) is 2.11. The van der Waals surface area contributed by atoms with Crippen LogP contribution in [-0.2, 0) is 11.4 Å². The van der Waals surface area contributed by atoms with E-state index in [1.54, 1.807) is 22.7 Å². The number of rotatable bonds is 6. The highest BCUT2D eigenvalue weighted by Gasteiger charge is 2.21. The van der Waals surface area contributed by atoms with Gasteiger partial charge < -0.3 is 4.84 Å². The van der Waals surface area contributed by atoms with Gasteiger partial charge in [0.1, 0.15) is 11.1 Å². The standard InChI is InChI=1S/C15H19N3OS2/c1-3-11-7-13(19-17-11)9-18(2)8-12-10-21-15(16-12)14-5-4-6-20-14/h4-6,10,13H,3,7-9H2,1-2H3. The Labute approximate surface area is 133 Å². The molecule has 0 aliphatic carbocycles. The first-order valence-electron chi connectivity index (χ1n) is 7.13. The monoisotopic (exact) mass is 321 g/mol. The molecule has 0 radical (unpaired) electrons. The summed E-state index contributed by atoms with van der Waals surface area (Å²) in [6.45, 7) is 3.86. The molecular weight excluding hydrogens is 302 g/mol. The minimum absolute atomic E-state index is 0.195. The fourth-order valence-corrected chi connectivity index (χ4v) is 4.00. The molecule has 2 aromatic heterocycles. The maximum atomic E-state index is 5.46. The number of thiazole rings is 1. The molecule has 1 aliphatic heterocycles. The van der Waals surface area contributed by atoms with Crippen molar-refractivity contribution in [3.05, 3.63) is 28.6 Å². The second kappa shape index (κ2) is 6.68. The average Bonchev–Trinajstić information content (AvgIpc) is 3.19. The van der Waals surface area contributed by atoms with Gasteiger partial charge in [-0.1, -0.05) is 18.1 Å². The van der Waals surface area contributed by atoms with Crippen molar-refractivity contribution in [1.82, 2.24) is 9.88 Å². The van der Waals surface area contributed by atoms with E-state index in [-0.39, 0.29) is 6.10 Å². The van der Waals surface area contributed by atoms with Crippen molar-refractivity contribution in [2.45, 2.75) is 32.4 Å². The molecular formula is C15H19N3OS2. The van der Waals surface area contributed by atoms with Crippen molar-refractivity contribution >= 4 is 28.4 Å². The van der Waals surface area contributed by atoms with Crippen molar-refractivity contribution in [1.29, 1.82) is 0 Å². The number of hydrogen-bond donors (Lipinski definition) is 0. The summed E-state index contributed by atoms with van der Waals surface area (Å²) in [4.78, 5) is 13.7. The lowest BCUT2D eigenvalue weighted by Crippen LogP contribution is -2.29. The van der Waals surface area contributed by atoms with Gasteiger partial charge >= 0.3 is 0 Å². The molecule has 112 valence electrons. The van der Waals surface area contributed by atoms with Gasteiger partial charge in [0.15, 0.2) is 0 Å². The van der Waals surface area contributed by atoms with Gasteiger partial charge in [0.2, 0.25) is 0 Å². The summed E-state index contributed by atoms with van der Waals surface area (Å²) in [6, 6.07) is 4.18. The van der Waals surface area contributed by atoms with E-state index in [4.69, 9.17) is 9.82 Å². The zero-order valence-corrected chi connectivity index (χ0v) is 13.9. The third kappa shape index (κ3) is 3.70. The van der Waals surface area contributed by atoms with E-state index in [0.717, 1.165) is 36.6 Å². The third-order valence-electron chi connectivity index (χ3n) is 3.43. The molecule has 0 spiro atoms. The molecule has 0 saturated carbocycles. The highest BCUT2D eigenvalue weighted by atomic mass is 32.1. The van der Waals surface area contributed by atoms with E-state index in [9.17, 15) is 0 Å². The predicted molar refractivity (Wildman–Crippen MR) is 89.0 cm³/mol. The van der Waals surface area contributed by atoms with Crippen LogP contribution >= 0.6 is 22.7 Å². The lowest BCUT2D eigenvalue weighted by molar-refractivity contribution is 0.0574.